The van der Waals surface area contributed by atoms with E-state index in [-0.39, 0.29) is 0 Å². The van der Waals surface area contributed by atoms with Gasteiger partial charge in [-0.15, -0.1) is 0 Å². The normalized spacial score (nSPS) is 29.1. The van der Waals surface area contributed by atoms with Gasteiger partial charge in [-0.3, -0.25) is 0 Å². The Labute approximate surface area is 128 Å². The molecule has 0 amide bonds. The molecule has 3 unspecified atom stereocenters. The van der Waals surface area contributed by atoms with Crippen molar-refractivity contribution in [3.63, 3.8) is 0 Å². The minimum absolute atomic E-state index is 0.677. The number of methoxy groups -OCH3 is 1. The van der Waals surface area contributed by atoms with Crippen LogP contribution in [0.25, 0.3) is 0 Å². The lowest BCUT2D eigenvalue weighted by molar-refractivity contribution is 0.184. The number of ether oxygens (including phenoxy) is 1. The number of hydrogen-bond donors (Lipinski definition) is 2. The lowest BCUT2D eigenvalue weighted by Crippen LogP contribution is -2.41. The molecule has 2 fully saturated rings. The largest absolute Gasteiger partial charge is 0.380 e. The van der Waals surface area contributed by atoms with E-state index >= 15 is 0 Å². The summed E-state index contributed by atoms with van der Waals surface area (Å²) in [6, 6.07) is 10.0. The number of benzene rings is 1. The summed E-state index contributed by atoms with van der Waals surface area (Å²) in [6.45, 7) is 2.88. The SMILES string of the molecule is COCc1ccccc1CNC1CCCC1C1CCCN1. The summed E-state index contributed by atoms with van der Waals surface area (Å²) < 4.78 is 5.30. The van der Waals surface area contributed by atoms with Crippen molar-refractivity contribution in [2.45, 2.75) is 57.3 Å². The van der Waals surface area contributed by atoms with Crippen molar-refractivity contribution in [2.75, 3.05) is 13.7 Å². The highest BCUT2D eigenvalue weighted by Crippen LogP contribution is 2.32. The molecule has 21 heavy (non-hydrogen) atoms. The van der Waals surface area contributed by atoms with Gasteiger partial charge in [0.2, 0.25) is 0 Å². The first kappa shape index (κ1) is 15.0. The third-order valence-electron chi connectivity index (χ3n) is 5.16. The van der Waals surface area contributed by atoms with E-state index in [4.69, 9.17) is 4.74 Å². The van der Waals surface area contributed by atoms with Crippen molar-refractivity contribution in [3.8, 4) is 0 Å². The Hall–Kier alpha value is -0.900. The smallest absolute Gasteiger partial charge is 0.0716 e. The van der Waals surface area contributed by atoms with Crippen molar-refractivity contribution < 1.29 is 4.74 Å². The summed E-state index contributed by atoms with van der Waals surface area (Å²) in [5.41, 5.74) is 2.69. The molecule has 3 rings (SSSR count). The molecule has 0 aromatic heterocycles. The third kappa shape index (κ3) is 3.65. The van der Waals surface area contributed by atoms with E-state index in [0.717, 1.165) is 18.5 Å². The first-order valence-corrected chi connectivity index (χ1v) is 8.41. The van der Waals surface area contributed by atoms with Crippen LogP contribution in [0.2, 0.25) is 0 Å². The summed E-state index contributed by atoms with van der Waals surface area (Å²) >= 11 is 0. The van der Waals surface area contributed by atoms with Crippen LogP contribution in [0, 0.1) is 5.92 Å². The Morgan fingerprint density at radius 3 is 2.76 bits per heavy atom. The van der Waals surface area contributed by atoms with Crippen LogP contribution in [0.15, 0.2) is 24.3 Å². The Kier molecular flexibility index (Phi) is 5.28. The Balaban J connectivity index is 1.59. The summed E-state index contributed by atoms with van der Waals surface area (Å²) in [7, 11) is 1.77. The average Bonchev–Trinajstić information content (AvgIpc) is 3.17. The van der Waals surface area contributed by atoms with Crippen molar-refractivity contribution in [1.82, 2.24) is 10.6 Å². The Bertz CT molecular complexity index is 443. The molecule has 1 heterocycles. The molecule has 3 nitrogen and oxygen atoms in total. The molecule has 3 atom stereocenters. The van der Waals surface area contributed by atoms with Gasteiger partial charge < -0.3 is 15.4 Å². The monoisotopic (exact) mass is 288 g/mol. The maximum absolute atomic E-state index is 5.30. The van der Waals surface area contributed by atoms with Gasteiger partial charge in [0, 0.05) is 25.7 Å². The summed E-state index contributed by atoms with van der Waals surface area (Å²) in [5, 5.41) is 7.53. The second kappa shape index (κ2) is 7.39. The fourth-order valence-corrected chi connectivity index (χ4v) is 4.07. The van der Waals surface area contributed by atoms with Gasteiger partial charge in [-0.1, -0.05) is 30.7 Å². The van der Waals surface area contributed by atoms with E-state index in [1.54, 1.807) is 7.11 Å². The lowest BCUT2D eigenvalue weighted by atomic mass is 9.93. The van der Waals surface area contributed by atoms with Crippen LogP contribution in [-0.2, 0) is 17.9 Å². The number of hydrogen-bond acceptors (Lipinski definition) is 3. The minimum atomic E-state index is 0.677. The highest BCUT2D eigenvalue weighted by molar-refractivity contribution is 5.26. The van der Waals surface area contributed by atoms with Gasteiger partial charge in [0.15, 0.2) is 0 Å². The van der Waals surface area contributed by atoms with E-state index < -0.39 is 0 Å². The van der Waals surface area contributed by atoms with Gasteiger partial charge in [-0.05, 0) is 49.3 Å². The van der Waals surface area contributed by atoms with Crippen molar-refractivity contribution >= 4 is 0 Å². The summed E-state index contributed by atoms with van der Waals surface area (Å²) in [4.78, 5) is 0. The van der Waals surface area contributed by atoms with Gasteiger partial charge in [0.25, 0.3) is 0 Å². The molecule has 1 aromatic carbocycles. The van der Waals surface area contributed by atoms with E-state index in [9.17, 15) is 0 Å². The molecule has 0 bridgehead atoms. The molecule has 1 saturated carbocycles. The van der Waals surface area contributed by atoms with Crippen LogP contribution in [0.5, 0.6) is 0 Å². The lowest BCUT2D eigenvalue weighted by Gasteiger charge is -2.27. The second-order valence-corrected chi connectivity index (χ2v) is 6.49. The van der Waals surface area contributed by atoms with Crippen molar-refractivity contribution in [1.29, 1.82) is 0 Å². The third-order valence-corrected chi connectivity index (χ3v) is 5.16. The molecule has 116 valence electrons. The molecular weight excluding hydrogens is 260 g/mol. The predicted octanol–water partition coefficient (Wildman–Crippen LogP) is 2.84. The highest BCUT2D eigenvalue weighted by Gasteiger charge is 2.34. The zero-order chi connectivity index (χ0) is 14.5. The Morgan fingerprint density at radius 2 is 2.00 bits per heavy atom. The van der Waals surface area contributed by atoms with Crippen molar-refractivity contribution in [2.24, 2.45) is 5.92 Å². The molecule has 1 aliphatic heterocycles. The van der Waals surface area contributed by atoms with Crippen molar-refractivity contribution in [3.05, 3.63) is 35.4 Å². The first-order valence-electron chi connectivity index (χ1n) is 8.41. The number of nitrogens with one attached hydrogen (secondary N) is 2. The topological polar surface area (TPSA) is 33.3 Å². The molecule has 0 spiro atoms. The van der Waals surface area contributed by atoms with E-state index in [2.05, 4.69) is 34.9 Å². The van der Waals surface area contributed by atoms with Crippen LogP contribution in [0.4, 0.5) is 0 Å². The minimum Gasteiger partial charge on any atom is -0.380 e. The molecular formula is C18H28N2O. The molecule has 2 aliphatic rings. The molecule has 2 N–H and O–H groups in total. The summed E-state index contributed by atoms with van der Waals surface area (Å²) in [6.07, 6.45) is 6.80. The zero-order valence-corrected chi connectivity index (χ0v) is 13.1. The summed E-state index contributed by atoms with van der Waals surface area (Å²) in [5.74, 6) is 0.821. The van der Waals surface area contributed by atoms with Crippen LogP contribution < -0.4 is 10.6 Å². The molecule has 3 heteroatoms. The van der Waals surface area contributed by atoms with Crippen LogP contribution in [0.1, 0.15) is 43.2 Å². The standard InChI is InChI=1S/C18H28N2O/c1-21-13-15-7-3-2-6-14(15)12-20-18-9-4-8-16(18)17-10-5-11-19-17/h2-3,6-7,16-20H,4-5,8-13H2,1H3. The highest BCUT2D eigenvalue weighted by atomic mass is 16.5. The van der Waals surface area contributed by atoms with Gasteiger partial charge in [-0.2, -0.15) is 0 Å². The molecule has 1 aliphatic carbocycles. The molecule has 1 aromatic rings. The van der Waals surface area contributed by atoms with Gasteiger partial charge >= 0.3 is 0 Å². The Morgan fingerprint density at radius 1 is 1.14 bits per heavy atom. The zero-order valence-electron chi connectivity index (χ0n) is 13.1. The number of rotatable bonds is 6. The van der Waals surface area contributed by atoms with E-state index in [0.29, 0.717) is 12.6 Å². The fraction of sp³-hybridized carbons (Fsp3) is 0.667. The van der Waals surface area contributed by atoms with Gasteiger partial charge in [-0.25, -0.2) is 0 Å². The maximum atomic E-state index is 5.30. The fourth-order valence-electron chi connectivity index (χ4n) is 4.07. The second-order valence-electron chi connectivity index (χ2n) is 6.49. The molecule has 0 radical (unpaired) electrons. The van der Waals surface area contributed by atoms with E-state index in [1.165, 1.54) is 49.8 Å². The van der Waals surface area contributed by atoms with Gasteiger partial charge in [0.05, 0.1) is 6.61 Å². The van der Waals surface area contributed by atoms with Gasteiger partial charge in [0.1, 0.15) is 0 Å². The first-order chi connectivity index (χ1) is 10.4. The van der Waals surface area contributed by atoms with Crippen LogP contribution >= 0.6 is 0 Å². The predicted molar refractivity (Wildman–Crippen MR) is 86.1 cm³/mol. The van der Waals surface area contributed by atoms with Crippen LogP contribution in [-0.4, -0.2) is 25.7 Å². The average molecular weight is 288 g/mol. The molecule has 1 saturated heterocycles. The van der Waals surface area contributed by atoms with Crippen LogP contribution in [0.3, 0.4) is 0 Å². The van der Waals surface area contributed by atoms with E-state index in [1.807, 2.05) is 0 Å². The maximum Gasteiger partial charge on any atom is 0.0716 e. The quantitative estimate of drug-likeness (QED) is 0.844.